The molecule has 158 valence electrons. The highest BCUT2D eigenvalue weighted by Gasteiger charge is 2.56. The van der Waals surface area contributed by atoms with E-state index < -0.39 is 0 Å². The minimum Gasteiger partial charge on any atom is -0.371 e. The van der Waals surface area contributed by atoms with Gasteiger partial charge in [-0.3, -0.25) is 4.79 Å². The summed E-state index contributed by atoms with van der Waals surface area (Å²) in [5.41, 5.74) is 3.66. The first-order chi connectivity index (χ1) is 14.8. The molecule has 0 spiro atoms. The maximum absolute atomic E-state index is 11.9. The van der Waals surface area contributed by atoms with E-state index in [0.29, 0.717) is 5.91 Å². The van der Waals surface area contributed by atoms with Crippen LogP contribution in [0.3, 0.4) is 0 Å². The van der Waals surface area contributed by atoms with Crippen LogP contribution in [0.1, 0.15) is 38.3 Å². The summed E-state index contributed by atoms with van der Waals surface area (Å²) in [6.07, 6.45) is 9.36. The highest BCUT2D eigenvalue weighted by Crippen LogP contribution is 2.53. The zero-order valence-electron chi connectivity index (χ0n) is 17.4. The Kier molecular flexibility index (Phi) is 4.55. The number of hydrogen-bond acceptors (Lipinski definition) is 4. The van der Waals surface area contributed by atoms with E-state index >= 15 is 0 Å². The number of piperidine rings is 1. The Hall–Kier alpha value is -2.34. The molecule has 0 radical (unpaired) electrons. The third kappa shape index (κ3) is 3.31. The number of carbonyl (C=O) groups excluding carboxylic acids is 1. The maximum atomic E-state index is 11.9. The van der Waals surface area contributed by atoms with Gasteiger partial charge in [-0.05, 0) is 61.1 Å². The minimum absolute atomic E-state index is 0.0897. The maximum Gasteiger partial charge on any atom is 0.222 e. The fourth-order valence-corrected chi connectivity index (χ4v) is 5.72. The summed E-state index contributed by atoms with van der Waals surface area (Å²) in [5, 5.41) is 4.54. The number of rotatable bonds is 5. The molecule has 3 aliphatic heterocycles. The van der Waals surface area contributed by atoms with Crippen LogP contribution < -0.4 is 4.90 Å². The molecule has 3 saturated heterocycles. The number of anilines is 1. The fraction of sp³-hybridized carbons (Fsp3) is 0.583. The van der Waals surface area contributed by atoms with E-state index in [1.165, 1.54) is 17.7 Å². The van der Waals surface area contributed by atoms with Crippen LogP contribution in [0.5, 0.6) is 0 Å². The quantitative estimate of drug-likeness (QED) is 0.762. The Labute approximate surface area is 177 Å². The predicted octanol–water partition coefficient (Wildman–Crippen LogP) is 3.55. The van der Waals surface area contributed by atoms with Gasteiger partial charge in [0.05, 0.1) is 6.20 Å². The first-order valence-electron chi connectivity index (χ1n) is 11.6. The van der Waals surface area contributed by atoms with Crippen LogP contribution in [0.4, 0.5) is 5.69 Å². The van der Waals surface area contributed by atoms with Crippen molar-refractivity contribution in [2.45, 2.75) is 38.3 Å². The van der Waals surface area contributed by atoms with Gasteiger partial charge in [-0.15, -0.1) is 0 Å². The van der Waals surface area contributed by atoms with E-state index in [9.17, 15) is 4.79 Å². The lowest BCUT2D eigenvalue weighted by molar-refractivity contribution is -0.127. The number of carbonyl (C=O) groups is 1. The smallest absolute Gasteiger partial charge is 0.222 e. The Bertz CT molecular complexity index is 906. The second-order valence-corrected chi connectivity index (χ2v) is 9.42. The highest BCUT2D eigenvalue weighted by molar-refractivity contribution is 5.78. The number of amides is 1. The molecule has 0 N–H and O–H groups in total. The number of fused-ring (bicyclic) bond motifs is 1. The molecule has 2 aromatic rings. The van der Waals surface area contributed by atoms with Crippen molar-refractivity contribution in [1.82, 2.24) is 14.7 Å². The zero-order valence-corrected chi connectivity index (χ0v) is 17.4. The van der Waals surface area contributed by atoms with Gasteiger partial charge >= 0.3 is 0 Å². The zero-order chi connectivity index (χ0) is 20.1. The molecule has 1 aromatic heterocycles. The molecule has 1 amide bonds. The molecule has 1 saturated carbocycles. The van der Waals surface area contributed by atoms with Gasteiger partial charge in [0.2, 0.25) is 5.91 Å². The summed E-state index contributed by atoms with van der Waals surface area (Å²) >= 11 is 0. The molecule has 4 heterocycles. The Morgan fingerprint density at radius 1 is 1.03 bits per heavy atom. The second-order valence-electron chi connectivity index (χ2n) is 9.42. The van der Waals surface area contributed by atoms with Crippen molar-refractivity contribution in [2.75, 3.05) is 37.7 Å². The molecule has 3 unspecified atom stereocenters. The van der Waals surface area contributed by atoms with Crippen LogP contribution in [0.2, 0.25) is 0 Å². The van der Waals surface area contributed by atoms with Crippen LogP contribution in [-0.4, -0.2) is 53.4 Å². The van der Waals surface area contributed by atoms with Gasteiger partial charge in [-0.2, -0.15) is 5.10 Å². The van der Waals surface area contributed by atoms with Crippen molar-refractivity contribution in [2.24, 2.45) is 17.8 Å². The van der Waals surface area contributed by atoms with Crippen LogP contribution >= 0.6 is 0 Å². The van der Waals surface area contributed by atoms with Crippen LogP contribution in [0.25, 0.3) is 11.1 Å². The van der Waals surface area contributed by atoms with E-state index in [-0.39, 0.29) is 6.23 Å². The number of nitrogens with zero attached hydrogens (tertiary/aromatic N) is 4. The summed E-state index contributed by atoms with van der Waals surface area (Å²) in [7, 11) is 0. The second kappa shape index (κ2) is 7.41. The molecule has 1 aromatic carbocycles. The first-order valence-corrected chi connectivity index (χ1v) is 11.6. The molecule has 0 bridgehead atoms. The van der Waals surface area contributed by atoms with Crippen molar-refractivity contribution < 1.29 is 9.53 Å². The summed E-state index contributed by atoms with van der Waals surface area (Å²) in [6, 6.07) is 8.91. The predicted molar refractivity (Wildman–Crippen MR) is 115 cm³/mol. The van der Waals surface area contributed by atoms with Crippen molar-refractivity contribution in [1.29, 1.82) is 0 Å². The number of aromatic nitrogens is 2. The van der Waals surface area contributed by atoms with E-state index in [2.05, 4.69) is 45.4 Å². The van der Waals surface area contributed by atoms with Crippen molar-refractivity contribution in [3.05, 3.63) is 36.7 Å². The number of hydrogen-bond donors (Lipinski definition) is 0. The lowest BCUT2D eigenvalue weighted by Crippen LogP contribution is -2.31. The van der Waals surface area contributed by atoms with Crippen molar-refractivity contribution in [3.8, 4) is 11.1 Å². The average molecular weight is 407 g/mol. The monoisotopic (exact) mass is 406 g/mol. The molecule has 6 nitrogen and oxygen atoms in total. The first kappa shape index (κ1) is 18.4. The number of likely N-dealkylation sites (tertiary alicyclic amines) is 1. The molecule has 6 heteroatoms. The van der Waals surface area contributed by atoms with E-state index in [1.807, 2.05) is 10.9 Å². The highest BCUT2D eigenvalue weighted by atomic mass is 16.5. The van der Waals surface area contributed by atoms with E-state index in [1.54, 1.807) is 0 Å². The van der Waals surface area contributed by atoms with Gasteiger partial charge < -0.3 is 14.5 Å². The molecular formula is C24H30N4O2. The Morgan fingerprint density at radius 2 is 1.87 bits per heavy atom. The third-order valence-corrected chi connectivity index (χ3v) is 7.59. The molecule has 30 heavy (non-hydrogen) atoms. The Balaban J connectivity index is 1.06. The standard InChI is InChI=1S/C24H30N4O2/c29-23-4-3-10-26(23)14-20-21-15-27(16-22(20)21)19-8-6-17(7-9-19)18-12-25-28(13-18)24-5-1-2-11-30-24/h6-9,12-13,20-22,24H,1-5,10-11,14-16H2. The van der Waals surface area contributed by atoms with Gasteiger partial charge in [0, 0.05) is 56.7 Å². The van der Waals surface area contributed by atoms with E-state index in [4.69, 9.17) is 4.74 Å². The fourth-order valence-electron chi connectivity index (χ4n) is 5.72. The number of benzene rings is 1. The van der Waals surface area contributed by atoms with Gasteiger partial charge in [0.1, 0.15) is 6.23 Å². The van der Waals surface area contributed by atoms with Crippen LogP contribution in [0, 0.1) is 17.8 Å². The van der Waals surface area contributed by atoms with E-state index in [0.717, 1.165) is 81.8 Å². The SMILES string of the molecule is O=C1CCCN1CC1C2CN(c3ccc(-c4cnn(C5CCCCO5)c4)cc3)CC12. The van der Waals surface area contributed by atoms with Crippen molar-refractivity contribution in [3.63, 3.8) is 0 Å². The Morgan fingerprint density at radius 3 is 2.57 bits per heavy atom. The summed E-state index contributed by atoms with van der Waals surface area (Å²) in [4.78, 5) is 16.5. The lowest BCUT2D eigenvalue weighted by atomic mass is 10.1. The van der Waals surface area contributed by atoms with Crippen LogP contribution in [0.15, 0.2) is 36.7 Å². The van der Waals surface area contributed by atoms with Gasteiger partial charge in [-0.1, -0.05) is 12.1 Å². The normalized spacial score (nSPS) is 30.7. The molecule has 1 aliphatic carbocycles. The van der Waals surface area contributed by atoms with Gasteiger partial charge in [0.15, 0.2) is 0 Å². The van der Waals surface area contributed by atoms with Crippen molar-refractivity contribution >= 4 is 11.6 Å². The van der Waals surface area contributed by atoms with Gasteiger partial charge in [0.25, 0.3) is 0 Å². The van der Waals surface area contributed by atoms with Crippen LogP contribution in [-0.2, 0) is 9.53 Å². The molecule has 4 aliphatic rings. The molecule has 4 fully saturated rings. The lowest BCUT2D eigenvalue weighted by Gasteiger charge is -2.24. The summed E-state index contributed by atoms with van der Waals surface area (Å²) in [5.74, 6) is 2.64. The number of ether oxygens (including phenoxy) is 1. The van der Waals surface area contributed by atoms with Gasteiger partial charge in [-0.25, -0.2) is 4.68 Å². The third-order valence-electron chi connectivity index (χ3n) is 7.59. The molecule has 6 rings (SSSR count). The molecular weight excluding hydrogens is 376 g/mol. The summed E-state index contributed by atoms with van der Waals surface area (Å²) < 4.78 is 7.82. The average Bonchev–Trinajstić information content (AvgIpc) is 3.26. The minimum atomic E-state index is 0.0897. The topological polar surface area (TPSA) is 50.6 Å². The summed E-state index contributed by atoms with van der Waals surface area (Å²) in [6.45, 7) is 5.07. The molecule has 3 atom stereocenters. The largest absolute Gasteiger partial charge is 0.371 e.